The van der Waals surface area contributed by atoms with Crippen LogP contribution >= 0.6 is 0 Å². The quantitative estimate of drug-likeness (QED) is 0.710. The van der Waals surface area contributed by atoms with Crippen molar-refractivity contribution in [1.29, 1.82) is 0 Å². The Bertz CT molecular complexity index is 251. The summed E-state index contributed by atoms with van der Waals surface area (Å²) in [6.45, 7) is 4.17. The van der Waals surface area contributed by atoms with Gasteiger partial charge in [-0.1, -0.05) is 6.08 Å². The van der Waals surface area contributed by atoms with Crippen LogP contribution in [0.5, 0.6) is 0 Å². The summed E-state index contributed by atoms with van der Waals surface area (Å²) in [6.07, 6.45) is 3.91. The summed E-state index contributed by atoms with van der Waals surface area (Å²) >= 11 is 0. The molecule has 3 atom stereocenters. The van der Waals surface area contributed by atoms with Gasteiger partial charge in [0.05, 0.1) is 12.7 Å². The Morgan fingerprint density at radius 3 is 2.94 bits per heavy atom. The molecule has 3 unspecified atom stereocenters. The van der Waals surface area contributed by atoms with Gasteiger partial charge in [0.25, 0.3) is 0 Å². The molecular formula is C10H17N3O3-2. The van der Waals surface area contributed by atoms with Crippen LogP contribution in [0.4, 0.5) is 0 Å². The normalized spacial score (nSPS) is 37.0. The van der Waals surface area contributed by atoms with Gasteiger partial charge in [-0.05, 0) is 19.3 Å². The van der Waals surface area contributed by atoms with Crippen LogP contribution in [0, 0.1) is 10.4 Å². The van der Waals surface area contributed by atoms with E-state index >= 15 is 0 Å². The lowest BCUT2D eigenvalue weighted by Gasteiger charge is -2.57. The number of fused-ring (bicyclic) bond motifs is 1. The van der Waals surface area contributed by atoms with Crippen LogP contribution in [-0.4, -0.2) is 41.7 Å². The van der Waals surface area contributed by atoms with E-state index in [9.17, 15) is 10.4 Å². The van der Waals surface area contributed by atoms with Crippen LogP contribution in [0.15, 0.2) is 12.7 Å². The van der Waals surface area contributed by atoms with Crippen molar-refractivity contribution in [1.82, 2.24) is 15.7 Å². The smallest absolute Gasteiger partial charge is 0.0648 e. The summed E-state index contributed by atoms with van der Waals surface area (Å²) in [7, 11) is 0. The first kappa shape index (κ1) is 12.0. The van der Waals surface area contributed by atoms with Gasteiger partial charge < -0.3 is 25.4 Å². The van der Waals surface area contributed by atoms with E-state index in [1.54, 1.807) is 6.08 Å². The summed E-state index contributed by atoms with van der Waals surface area (Å²) in [5.41, 5.74) is 2.52. The molecule has 1 heterocycles. The summed E-state index contributed by atoms with van der Waals surface area (Å²) in [5.74, 6) is 0. The number of hydrogen-bond acceptors (Lipinski definition) is 6. The maximum atomic E-state index is 11.6. The molecule has 1 aliphatic heterocycles. The van der Waals surface area contributed by atoms with Gasteiger partial charge in [0.15, 0.2) is 0 Å². The van der Waals surface area contributed by atoms with Gasteiger partial charge in [0, 0.05) is 18.8 Å². The molecule has 6 heteroatoms. The summed E-state index contributed by atoms with van der Waals surface area (Å²) in [5, 5.41) is 24.9. The predicted molar refractivity (Wildman–Crippen MR) is 59.8 cm³/mol. The maximum Gasteiger partial charge on any atom is 0.0648 e. The van der Waals surface area contributed by atoms with Gasteiger partial charge in [-0.3, -0.25) is 5.43 Å². The zero-order valence-corrected chi connectivity index (χ0v) is 9.17. The summed E-state index contributed by atoms with van der Waals surface area (Å²) in [4.78, 5) is 0. The maximum absolute atomic E-state index is 11.6. The number of nitrogens with one attached hydrogen (secondary N) is 1. The van der Waals surface area contributed by atoms with Crippen molar-refractivity contribution in [3.05, 3.63) is 23.1 Å². The van der Waals surface area contributed by atoms with Crippen LogP contribution in [0.2, 0.25) is 0 Å². The Kier molecular flexibility index (Phi) is 3.91. The highest BCUT2D eigenvalue weighted by atomic mass is 16.6. The molecule has 1 N–H and O–H groups in total. The fourth-order valence-electron chi connectivity index (χ4n) is 2.41. The minimum atomic E-state index is -0.296. The lowest BCUT2D eigenvalue weighted by molar-refractivity contribution is -0.0534. The van der Waals surface area contributed by atoms with Crippen LogP contribution < -0.4 is 5.43 Å². The van der Waals surface area contributed by atoms with Crippen LogP contribution in [0.1, 0.15) is 19.3 Å². The van der Waals surface area contributed by atoms with Gasteiger partial charge in [-0.25, -0.2) is 0 Å². The molecule has 1 aliphatic carbocycles. The molecule has 0 bridgehead atoms. The number of rotatable bonds is 3. The van der Waals surface area contributed by atoms with Gasteiger partial charge in [-0.2, -0.15) is 0 Å². The van der Waals surface area contributed by atoms with Crippen molar-refractivity contribution < 1.29 is 4.74 Å². The van der Waals surface area contributed by atoms with Gasteiger partial charge in [-0.15, -0.1) is 6.58 Å². The minimum absolute atomic E-state index is 0.0593. The molecule has 0 aromatic heterocycles. The molecule has 1 saturated carbocycles. The molecule has 0 aromatic rings. The van der Waals surface area contributed by atoms with E-state index in [2.05, 4.69) is 12.0 Å². The first-order chi connectivity index (χ1) is 7.72. The third kappa shape index (κ3) is 2.42. The number of hydrazine groups is 1. The molecule has 6 nitrogen and oxygen atoms in total. The Hall–Kier alpha value is -0.500. The Balaban J connectivity index is 1.93. The molecule has 0 spiro atoms. The number of nitrogens with zero attached hydrogens (tertiary/aromatic N) is 2. The van der Waals surface area contributed by atoms with Crippen LogP contribution in [0.25, 0.3) is 0 Å². The SMILES string of the molecule is C=CCOC1CCC2C(C1)N([O-])NCN2[O-]. The Labute approximate surface area is 95.0 Å². The topological polar surface area (TPSA) is 73.9 Å². The average Bonchev–Trinajstić information content (AvgIpc) is 2.31. The average molecular weight is 227 g/mol. The van der Waals surface area contributed by atoms with Crippen molar-refractivity contribution in [2.24, 2.45) is 0 Å². The molecule has 2 rings (SSSR count). The standard InChI is InChI=1S/C10H17N3O3/c1-2-5-16-8-3-4-9-10(6-8)13(15)11-7-12(9)14/h2,8-11H,1,3-7H2/q-2. The first-order valence-corrected chi connectivity index (χ1v) is 5.58. The molecule has 2 aliphatic rings. The lowest BCUT2D eigenvalue weighted by atomic mass is 9.87. The second-order valence-electron chi connectivity index (χ2n) is 4.25. The first-order valence-electron chi connectivity index (χ1n) is 5.58. The fourth-order valence-corrected chi connectivity index (χ4v) is 2.41. The zero-order valence-electron chi connectivity index (χ0n) is 9.17. The van der Waals surface area contributed by atoms with Gasteiger partial charge >= 0.3 is 0 Å². The lowest BCUT2D eigenvalue weighted by Crippen LogP contribution is -2.63. The Morgan fingerprint density at radius 2 is 2.19 bits per heavy atom. The van der Waals surface area contributed by atoms with Crippen LogP contribution in [-0.2, 0) is 4.74 Å². The highest BCUT2D eigenvalue weighted by Gasteiger charge is 2.34. The minimum Gasteiger partial charge on any atom is -0.784 e. The molecular weight excluding hydrogens is 210 g/mol. The second-order valence-corrected chi connectivity index (χ2v) is 4.25. The van der Waals surface area contributed by atoms with E-state index in [4.69, 9.17) is 4.74 Å². The molecule has 0 aromatic carbocycles. The molecule has 16 heavy (non-hydrogen) atoms. The van der Waals surface area contributed by atoms with E-state index in [0.717, 1.165) is 23.1 Å². The molecule has 0 radical (unpaired) electrons. The van der Waals surface area contributed by atoms with Crippen molar-refractivity contribution >= 4 is 0 Å². The van der Waals surface area contributed by atoms with E-state index in [1.165, 1.54) is 0 Å². The monoisotopic (exact) mass is 227 g/mol. The summed E-state index contributed by atoms with van der Waals surface area (Å²) < 4.78 is 5.53. The van der Waals surface area contributed by atoms with E-state index in [1.807, 2.05) is 0 Å². The van der Waals surface area contributed by atoms with Crippen LogP contribution in [0.3, 0.4) is 0 Å². The second kappa shape index (κ2) is 5.22. The number of ether oxygens (including phenoxy) is 1. The summed E-state index contributed by atoms with van der Waals surface area (Å²) in [6, 6.07) is -0.489. The molecule has 92 valence electrons. The number of hydroxylamine groups is 3. The predicted octanol–water partition coefficient (Wildman–Crippen LogP) is 0.554. The third-order valence-corrected chi connectivity index (χ3v) is 3.24. The van der Waals surface area contributed by atoms with Crippen molar-refractivity contribution in [2.45, 2.75) is 37.5 Å². The van der Waals surface area contributed by atoms with Crippen molar-refractivity contribution in [2.75, 3.05) is 13.3 Å². The van der Waals surface area contributed by atoms with E-state index in [-0.39, 0.29) is 24.9 Å². The highest BCUT2D eigenvalue weighted by Crippen LogP contribution is 2.29. The molecule has 1 saturated heterocycles. The largest absolute Gasteiger partial charge is 0.784 e. The number of hydrogen-bond donors (Lipinski definition) is 1. The van der Waals surface area contributed by atoms with Gasteiger partial charge in [0.2, 0.25) is 0 Å². The zero-order chi connectivity index (χ0) is 11.5. The Morgan fingerprint density at radius 1 is 1.38 bits per heavy atom. The van der Waals surface area contributed by atoms with E-state index < -0.39 is 0 Å². The molecule has 0 amide bonds. The van der Waals surface area contributed by atoms with Gasteiger partial charge in [0.1, 0.15) is 0 Å². The third-order valence-electron chi connectivity index (χ3n) is 3.24. The molecule has 2 fully saturated rings. The van der Waals surface area contributed by atoms with Crippen molar-refractivity contribution in [3.8, 4) is 0 Å². The fraction of sp³-hybridized carbons (Fsp3) is 0.800. The van der Waals surface area contributed by atoms with E-state index in [0.29, 0.717) is 13.0 Å². The van der Waals surface area contributed by atoms with Crippen molar-refractivity contribution in [3.63, 3.8) is 0 Å². The highest BCUT2D eigenvalue weighted by molar-refractivity contribution is 4.95.